The van der Waals surface area contributed by atoms with E-state index in [2.05, 4.69) is 10.0 Å². The minimum Gasteiger partial charge on any atom is -0.485 e. The first-order valence-corrected chi connectivity index (χ1v) is 12.6. The maximum absolute atomic E-state index is 13.2. The molecule has 3 aromatic rings. The second-order valence-corrected chi connectivity index (χ2v) is 10.5. The molecule has 4 rings (SSSR count). The highest BCUT2D eigenvalue weighted by molar-refractivity contribution is 7.89. The molecule has 3 aromatic carbocycles. The van der Waals surface area contributed by atoms with Gasteiger partial charge in [-0.25, -0.2) is 13.1 Å². The largest absolute Gasteiger partial charge is 0.485 e. The number of carbonyl (C=O) groups excluding carboxylic acids is 1. The highest BCUT2D eigenvalue weighted by Gasteiger charge is 2.44. The molecule has 0 aliphatic carbocycles. The number of para-hydroxylation sites is 1. The first kappa shape index (κ1) is 23.9. The van der Waals surface area contributed by atoms with Crippen molar-refractivity contribution in [1.29, 1.82) is 0 Å². The van der Waals surface area contributed by atoms with Gasteiger partial charge in [-0.15, -0.1) is 0 Å². The smallest absolute Gasteiger partial charge is 0.255 e. The van der Waals surface area contributed by atoms with Crippen molar-refractivity contribution in [2.75, 3.05) is 5.32 Å². The molecule has 3 N–H and O–H groups in total. The monoisotopic (exact) mass is 480 g/mol. The van der Waals surface area contributed by atoms with Crippen molar-refractivity contribution in [1.82, 2.24) is 4.72 Å². The van der Waals surface area contributed by atoms with Crippen LogP contribution in [0.4, 0.5) is 5.69 Å². The summed E-state index contributed by atoms with van der Waals surface area (Å²) in [6.45, 7) is 5.37. The average molecular weight is 481 g/mol. The van der Waals surface area contributed by atoms with Crippen LogP contribution in [0.5, 0.6) is 5.75 Å². The van der Waals surface area contributed by atoms with Gasteiger partial charge in [-0.1, -0.05) is 37.3 Å². The van der Waals surface area contributed by atoms with Gasteiger partial charge in [-0.05, 0) is 68.3 Å². The van der Waals surface area contributed by atoms with Gasteiger partial charge in [0.25, 0.3) is 5.91 Å². The molecular weight excluding hydrogens is 452 g/mol. The Labute approximate surface area is 199 Å². The summed E-state index contributed by atoms with van der Waals surface area (Å²) in [7, 11) is -3.96. The number of rotatable bonds is 6. The minimum absolute atomic E-state index is 0.0979. The van der Waals surface area contributed by atoms with E-state index in [1.807, 2.05) is 25.1 Å². The molecule has 178 valence electrons. The third kappa shape index (κ3) is 4.84. The molecule has 8 heteroatoms. The van der Waals surface area contributed by atoms with Crippen molar-refractivity contribution in [2.45, 2.75) is 49.8 Å². The number of hydrogen-bond acceptors (Lipinski definition) is 5. The molecule has 0 fully saturated rings. The highest BCUT2D eigenvalue weighted by Crippen LogP contribution is 2.41. The fourth-order valence-corrected chi connectivity index (χ4v) is 5.15. The van der Waals surface area contributed by atoms with Crippen molar-refractivity contribution in [3.05, 3.63) is 89.5 Å². The van der Waals surface area contributed by atoms with Crippen LogP contribution < -0.4 is 14.8 Å². The molecule has 34 heavy (non-hydrogen) atoms. The molecule has 0 spiro atoms. The van der Waals surface area contributed by atoms with E-state index >= 15 is 0 Å². The van der Waals surface area contributed by atoms with Crippen LogP contribution in [0.15, 0.2) is 77.7 Å². The fraction of sp³-hybridized carbons (Fsp3) is 0.269. The van der Waals surface area contributed by atoms with Gasteiger partial charge < -0.3 is 15.2 Å². The third-order valence-corrected chi connectivity index (χ3v) is 7.42. The molecule has 0 bridgehead atoms. The van der Waals surface area contributed by atoms with E-state index in [1.165, 1.54) is 0 Å². The molecule has 0 aromatic heterocycles. The van der Waals surface area contributed by atoms with Crippen LogP contribution >= 0.6 is 0 Å². The van der Waals surface area contributed by atoms with Crippen molar-refractivity contribution in [3.8, 4) is 5.75 Å². The normalized spacial score (nSPS) is 19.1. The Morgan fingerprint density at radius 1 is 1.03 bits per heavy atom. The molecule has 0 unspecified atom stereocenters. The van der Waals surface area contributed by atoms with Crippen LogP contribution in [0, 0.1) is 0 Å². The summed E-state index contributed by atoms with van der Waals surface area (Å²) in [6, 6.07) is 19.4. The number of fused-ring (bicyclic) bond motifs is 1. The Bertz CT molecular complexity index is 1290. The van der Waals surface area contributed by atoms with E-state index in [4.69, 9.17) is 4.74 Å². The van der Waals surface area contributed by atoms with Gasteiger partial charge in [0.2, 0.25) is 10.0 Å². The van der Waals surface area contributed by atoms with E-state index in [9.17, 15) is 18.3 Å². The number of sulfonamides is 1. The second-order valence-electron chi connectivity index (χ2n) is 8.82. The van der Waals surface area contributed by atoms with Crippen molar-refractivity contribution in [2.24, 2.45) is 0 Å². The van der Waals surface area contributed by atoms with E-state index in [1.54, 1.807) is 68.4 Å². The lowest BCUT2D eigenvalue weighted by atomic mass is 9.86. The summed E-state index contributed by atoms with van der Waals surface area (Å²) in [5.41, 5.74) is 1.30. The maximum Gasteiger partial charge on any atom is 0.255 e. The SMILES string of the molecule is CCc1ccc(S(=O)(=O)N[C@@H]2c3cc(C(=O)Nc4ccccc4)ccc3OC(C)(C)[C@H]2O)cc1. The topological polar surface area (TPSA) is 105 Å². The fourth-order valence-electron chi connectivity index (χ4n) is 3.93. The Kier molecular flexibility index (Phi) is 6.49. The number of nitrogens with one attached hydrogen (secondary N) is 2. The minimum atomic E-state index is -3.96. The van der Waals surface area contributed by atoms with Crippen molar-refractivity contribution in [3.63, 3.8) is 0 Å². The van der Waals surface area contributed by atoms with E-state index < -0.39 is 27.8 Å². The molecule has 0 saturated heterocycles. The molecule has 0 radical (unpaired) electrons. The summed E-state index contributed by atoms with van der Waals surface area (Å²) >= 11 is 0. The molecule has 7 nitrogen and oxygen atoms in total. The van der Waals surface area contributed by atoms with Crippen molar-refractivity contribution < 1.29 is 23.1 Å². The van der Waals surface area contributed by atoms with Gasteiger partial charge in [0.15, 0.2) is 0 Å². The van der Waals surface area contributed by atoms with Crippen molar-refractivity contribution >= 4 is 21.6 Å². The standard InChI is InChI=1S/C26H28N2O5S/c1-4-17-10-13-20(14-11-17)34(31,32)28-23-21-16-18(25(30)27-19-8-6-5-7-9-19)12-15-22(21)33-26(2,3)24(23)29/h5-16,23-24,28-29H,4H2,1-3H3,(H,27,30)/t23-,24+/m1/s1. The first-order chi connectivity index (χ1) is 16.1. The summed E-state index contributed by atoms with van der Waals surface area (Å²) in [6.07, 6.45) is -0.404. The number of anilines is 1. The molecule has 1 aliphatic heterocycles. The zero-order valence-electron chi connectivity index (χ0n) is 19.3. The van der Waals surface area contributed by atoms with E-state index in [-0.39, 0.29) is 10.8 Å². The summed E-state index contributed by atoms with van der Waals surface area (Å²) in [5.74, 6) is 0.0469. The Balaban J connectivity index is 1.68. The molecule has 1 amide bonds. The van der Waals surface area contributed by atoms with Gasteiger partial charge in [-0.2, -0.15) is 0 Å². The Morgan fingerprint density at radius 2 is 1.71 bits per heavy atom. The van der Waals surface area contributed by atoms with Crippen LogP contribution in [0.3, 0.4) is 0 Å². The van der Waals surface area contributed by atoms with Gasteiger partial charge in [-0.3, -0.25) is 4.79 Å². The van der Waals surface area contributed by atoms with Gasteiger partial charge in [0, 0.05) is 16.8 Å². The number of ether oxygens (including phenoxy) is 1. The third-order valence-electron chi connectivity index (χ3n) is 5.96. The van der Waals surface area contributed by atoms with Crippen LogP contribution in [-0.2, 0) is 16.4 Å². The van der Waals surface area contributed by atoms with Crippen LogP contribution in [-0.4, -0.2) is 31.1 Å². The van der Waals surface area contributed by atoms with Crippen LogP contribution in [0.1, 0.15) is 48.3 Å². The lowest BCUT2D eigenvalue weighted by Gasteiger charge is -2.42. The summed E-state index contributed by atoms with van der Waals surface area (Å²) in [4.78, 5) is 12.9. The molecule has 1 aliphatic rings. The predicted octanol–water partition coefficient (Wildman–Crippen LogP) is 4.05. The zero-order valence-corrected chi connectivity index (χ0v) is 20.1. The quantitative estimate of drug-likeness (QED) is 0.494. The Hall–Kier alpha value is -3.20. The second kappa shape index (κ2) is 9.21. The number of hydrogen-bond donors (Lipinski definition) is 3. The lowest BCUT2D eigenvalue weighted by molar-refractivity contribution is -0.0603. The van der Waals surface area contributed by atoms with Crippen LogP contribution in [0.25, 0.3) is 0 Å². The molecule has 2 atom stereocenters. The number of aryl methyl sites for hydroxylation is 1. The first-order valence-electron chi connectivity index (χ1n) is 11.1. The molecule has 1 heterocycles. The predicted molar refractivity (Wildman–Crippen MR) is 130 cm³/mol. The molecule has 0 saturated carbocycles. The van der Waals surface area contributed by atoms with Crippen LogP contribution in [0.2, 0.25) is 0 Å². The average Bonchev–Trinajstić information content (AvgIpc) is 2.82. The van der Waals surface area contributed by atoms with Gasteiger partial charge in [0.1, 0.15) is 17.5 Å². The lowest BCUT2D eigenvalue weighted by Crippen LogP contribution is -2.53. The Morgan fingerprint density at radius 3 is 2.35 bits per heavy atom. The number of amides is 1. The van der Waals surface area contributed by atoms with E-state index in [0.717, 1.165) is 12.0 Å². The highest BCUT2D eigenvalue weighted by atomic mass is 32.2. The number of aliphatic hydroxyl groups is 1. The molecular formula is C26H28N2O5S. The van der Waals surface area contributed by atoms with Gasteiger partial charge in [0.05, 0.1) is 10.9 Å². The summed E-state index contributed by atoms with van der Waals surface area (Å²) < 4.78 is 35.0. The summed E-state index contributed by atoms with van der Waals surface area (Å²) in [5, 5.41) is 13.9. The zero-order chi connectivity index (χ0) is 24.5. The number of aliphatic hydroxyl groups excluding tert-OH is 1. The van der Waals surface area contributed by atoms with E-state index in [0.29, 0.717) is 22.6 Å². The van der Waals surface area contributed by atoms with Gasteiger partial charge >= 0.3 is 0 Å². The maximum atomic E-state index is 13.2. The number of benzene rings is 3. The number of carbonyl (C=O) groups is 1.